The zero-order valence-corrected chi connectivity index (χ0v) is 15.4. The van der Waals surface area contributed by atoms with E-state index in [2.05, 4.69) is 25.1 Å². The van der Waals surface area contributed by atoms with Crippen molar-refractivity contribution in [3.05, 3.63) is 66.7 Å². The summed E-state index contributed by atoms with van der Waals surface area (Å²) < 4.78 is 0. The van der Waals surface area contributed by atoms with Crippen molar-refractivity contribution in [3.8, 4) is 34.2 Å². The first-order valence-corrected chi connectivity index (χ1v) is 9.45. The van der Waals surface area contributed by atoms with E-state index in [9.17, 15) is 4.79 Å². The second-order valence-corrected chi connectivity index (χ2v) is 6.79. The molecule has 0 saturated heterocycles. The molecule has 4 aromatic rings. The highest BCUT2D eigenvalue weighted by Gasteiger charge is 2.14. The fourth-order valence-electron chi connectivity index (χ4n) is 2.60. The zero-order valence-electron chi connectivity index (χ0n) is 14.6. The lowest BCUT2D eigenvalue weighted by molar-refractivity contribution is -0.133. The molecule has 2 N–H and O–H groups in total. The van der Waals surface area contributed by atoms with Gasteiger partial charge in [0.15, 0.2) is 11.6 Å². The van der Waals surface area contributed by atoms with E-state index in [-0.39, 0.29) is 5.75 Å². The van der Waals surface area contributed by atoms with Crippen LogP contribution in [0.5, 0.6) is 0 Å². The van der Waals surface area contributed by atoms with E-state index in [0.29, 0.717) is 16.8 Å². The molecule has 2 heterocycles. The highest BCUT2D eigenvalue weighted by Crippen LogP contribution is 2.26. The normalized spacial score (nSPS) is 10.7. The van der Waals surface area contributed by atoms with E-state index in [1.807, 2.05) is 66.7 Å². The van der Waals surface area contributed by atoms with Crippen LogP contribution in [0.25, 0.3) is 34.2 Å². The number of benzene rings is 2. The van der Waals surface area contributed by atoms with Gasteiger partial charge in [-0.2, -0.15) is 4.98 Å². The summed E-state index contributed by atoms with van der Waals surface area (Å²) in [4.78, 5) is 24.3. The summed E-state index contributed by atoms with van der Waals surface area (Å²) in [6, 6.07) is 21.6. The van der Waals surface area contributed by atoms with Crippen molar-refractivity contribution < 1.29 is 9.90 Å². The highest BCUT2D eigenvalue weighted by atomic mass is 32.2. The van der Waals surface area contributed by atoms with E-state index in [0.717, 1.165) is 34.3 Å². The molecule has 7 nitrogen and oxygen atoms in total. The van der Waals surface area contributed by atoms with Crippen LogP contribution in [0.1, 0.15) is 0 Å². The molecule has 0 aliphatic carbocycles. The van der Waals surface area contributed by atoms with E-state index < -0.39 is 5.97 Å². The van der Waals surface area contributed by atoms with Gasteiger partial charge in [-0.15, -0.1) is 5.10 Å². The van der Waals surface area contributed by atoms with Crippen molar-refractivity contribution in [1.29, 1.82) is 0 Å². The minimum Gasteiger partial charge on any atom is -0.481 e. The van der Waals surface area contributed by atoms with Crippen molar-refractivity contribution >= 4 is 17.7 Å². The van der Waals surface area contributed by atoms with E-state index in [4.69, 9.17) is 5.11 Å². The highest BCUT2D eigenvalue weighted by molar-refractivity contribution is 7.99. The summed E-state index contributed by atoms with van der Waals surface area (Å²) in [5.41, 5.74) is 3.45. The third-order valence-electron chi connectivity index (χ3n) is 3.87. The molecule has 28 heavy (non-hydrogen) atoms. The van der Waals surface area contributed by atoms with Gasteiger partial charge in [-0.1, -0.05) is 72.4 Å². The first-order chi connectivity index (χ1) is 13.7. The maximum absolute atomic E-state index is 10.7. The Balaban J connectivity index is 1.77. The summed E-state index contributed by atoms with van der Waals surface area (Å²) in [6.45, 7) is 0. The average molecular weight is 389 g/mol. The van der Waals surface area contributed by atoms with Gasteiger partial charge in [0, 0.05) is 11.1 Å². The Kier molecular flexibility index (Phi) is 5.11. The number of carbonyl (C=O) groups is 1. The molecule has 0 fully saturated rings. The van der Waals surface area contributed by atoms with Gasteiger partial charge >= 0.3 is 5.97 Å². The average Bonchev–Trinajstić information content (AvgIpc) is 3.22. The first-order valence-electron chi connectivity index (χ1n) is 8.46. The van der Waals surface area contributed by atoms with Crippen LogP contribution in [0, 0.1) is 0 Å². The lowest BCUT2D eigenvalue weighted by Crippen LogP contribution is -1.98. The number of aromatic amines is 1. The second kappa shape index (κ2) is 8.01. The maximum atomic E-state index is 10.7. The van der Waals surface area contributed by atoms with Crippen molar-refractivity contribution in [2.75, 3.05) is 5.75 Å². The Hall–Kier alpha value is -3.52. The van der Waals surface area contributed by atoms with Gasteiger partial charge in [0.1, 0.15) is 0 Å². The molecule has 0 spiro atoms. The van der Waals surface area contributed by atoms with Crippen LogP contribution in [0.4, 0.5) is 0 Å². The number of aliphatic carboxylic acids is 1. The molecular weight excluding hydrogens is 374 g/mol. The van der Waals surface area contributed by atoms with Gasteiger partial charge in [0.2, 0.25) is 5.16 Å². The molecule has 0 aliphatic heterocycles. The number of carboxylic acids is 1. The number of nitrogens with zero attached hydrogens (tertiary/aromatic N) is 4. The smallest absolute Gasteiger partial charge is 0.313 e. The van der Waals surface area contributed by atoms with Gasteiger partial charge in [0.25, 0.3) is 0 Å². The predicted molar refractivity (Wildman–Crippen MR) is 107 cm³/mol. The second-order valence-electron chi connectivity index (χ2n) is 5.84. The minimum atomic E-state index is -0.926. The molecule has 0 saturated carbocycles. The number of carboxylic acid groups (broad SMARTS) is 1. The fourth-order valence-corrected chi connectivity index (χ4v) is 3.12. The number of rotatable bonds is 6. The molecule has 8 heteroatoms. The van der Waals surface area contributed by atoms with Crippen molar-refractivity contribution in [1.82, 2.24) is 25.1 Å². The predicted octanol–water partition coefficient (Wildman–Crippen LogP) is 3.77. The van der Waals surface area contributed by atoms with Gasteiger partial charge in [-0.05, 0) is 6.07 Å². The van der Waals surface area contributed by atoms with E-state index >= 15 is 0 Å². The standard InChI is InChI=1S/C20H15N5O2S/c26-17(27)12-28-20-23-19(24-25-20)18-21-15(13-7-3-1-4-8-13)11-16(22-18)14-9-5-2-6-10-14/h1-11H,12H2,(H,26,27)(H,23,24,25). The summed E-state index contributed by atoms with van der Waals surface area (Å²) in [6.07, 6.45) is 0. The Morgan fingerprint density at radius 1 is 0.893 bits per heavy atom. The van der Waals surface area contributed by atoms with Crippen molar-refractivity contribution in [3.63, 3.8) is 0 Å². The van der Waals surface area contributed by atoms with Gasteiger partial charge < -0.3 is 5.11 Å². The zero-order chi connectivity index (χ0) is 19.3. The largest absolute Gasteiger partial charge is 0.481 e. The van der Waals surface area contributed by atoms with Crippen LogP contribution in [-0.2, 0) is 4.79 Å². The van der Waals surface area contributed by atoms with Crippen molar-refractivity contribution in [2.24, 2.45) is 0 Å². The molecule has 0 aliphatic rings. The molecule has 4 rings (SSSR count). The summed E-state index contributed by atoms with van der Waals surface area (Å²) in [5, 5.41) is 16.0. The summed E-state index contributed by atoms with van der Waals surface area (Å²) in [5.74, 6) is -0.250. The Bertz CT molecular complexity index is 1040. The summed E-state index contributed by atoms with van der Waals surface area (Å²) in [7, 11) is 0. The van der Waals surface area contributed by atoms with Gasteiger partial charge in [-0.25, -0.2) is 9.97 Å². The number of nitrogens with one attached hydrogen (secondary N) is 1. The van der Waals surface area contributed by atoms with Gasteiger partial charge in [0.05, 0.1) is 17.1 Å². The fraction of sp³-hybridized carbons (Fsp3) is 0.0500. The third-order valence-corrected chi connectivity index (χ3v) is 4.70. The SMILES string of the molecule is O=C(O)CSc1n[nH]c(-c2nc(-c3ccccc3)cc(-c3ccccc3)n2)n1. The Morgan fingerprint density at radius 2 is 1.46 bits per heavy atom. The lowest BCUT2D eigenvalue weighted by Gasteiger charge is -2.07. The molecule has 0 radical (unpaired) electrons. The van der Waals surface area contributed by atoms with Gasteiger partial charge in [-0.3, -0.25) is 9.89 Å². The van der Waals surface area contributed by atoms with Crippen molar-refractivity contribution in [2.45, 2.75) is 5.16 Å². The monoisotopic (exact) mass is 389 g/mol. The van der Waals surface area contributed by atoms with Crippen LogP contribution >= 0.6 is 11.8 Å². The molecule has 0 bridgehead atoms. The van der Waals surface area contributed by atoms with Crippen LogP contribution < -0.4 is 0 Å². The third kappa shape index (κ3) is 4.07. The van der Waals surface area contributed by atoms with Crippen LogP contribution in [0.15, 0.2) is 71.9 Å². The summed E-state index contributed by atoms with van der Waals surface area (Å²) >= 11 is 1.04. The number of hydrogen-bond acceptors (Lipinski definition) is 6. The van der Waals surface area contributed by atoms with E-state index in [1.165, 1.54) is 0 Å². The topological polar surface area (TPSA) is 105 Å². The van der Waals surface area contributed by atoms with Crippen LogP contribution in [-0.4, -0.2) is 42.0 Å². The van der Waals surface area contributed by atoms with E-state index in [1.54, 1.807) is 0 Å². The molecule has 2 aromatic carbocycles. The van der Waals surface area contributed by atoms with Crippen LogP contribution in [0.3, 0.4) is 0 Å². The minimum absolute atomic E-state index is 0.114. The quantitative estimate of drug-likeness (QED) is 0.484. The Morgan fingerprint density at radius 3 is 2.00 bits per heavy atom. The molecule has 138 valence electrons. The molecule has 2 aromatic heterocycles. The number of hydrogen-bond donors (Lipinski definition) is 2. The number of H-pyrrole nitrogens is 1. The van der Waals surface area contributed by atoms with Crippen LogP contribution in [0.2, 0.25) is 0 Å². The first kappa shape index (κ1) is 17.9. The number of aromatic nitrogens is 5. The Labute approximate surface area is 164 Å². The molecule has 0 unspecified atom stereocenters. The lowest BCUT2D eigenvalue weighted by atomic mass is 10.1. The maximum Gasteiger partial charge on any atom is 0.313 e. The molecule has 0 atom stereocenters. The molecule has 0 amide bonds. The molecular formula is C20H15N5O2S. The number of thioether (sulfide) groups is 1.